The fraction of sp³-hybridized carbons (Fsp3) is 0.263. The molecule has 2 aromatic rings. The Balaban J connectivity index is 1.94. The van der Waals surface area contributed by atoms with Crippen molar-refractivity contribution >= 4 is 23.4 Å². The maximum atomic E-state index is 12.1. The molecule has 25 heavy (non-hydrogen) atoms. The van der Waals surface area contributed by atoms with E-state index in [9.17, 15) is 9.59 Å². The van der Waals surface area contributed by atoms with E-state index in [1.807, 2.05) is 32.0 Å². The van der Waals surface area contributed by atoms with E-state index in [1.165, 1.54) is 0 Å². The summed E-state index contributed by atoms with van der Waals surface area (Å²) in [5, 5.41) is 5.91. The molecule has 0 radical (unpaired) electrons. The number of hydrogen-bond donors (Lipinski definition) is 2. The Bertz CT molecular complexity index is 777. The van der Waals surface area contributed by atoms with Crippen molar-refractivity contribution in [2.75, 3.05) is 13.7 Å². The summed E-state index contributed by atoms with van der Waals surface area (Å²) in [6.45, 7) is 3.72. The highest BCUT2D eigenvalue weighted by atomic mass is 35.5. The number of hydrogen-bond acceptors (Lipinski definition) is 3. The van der Waals surface area contributed by atoms with Crippen molar-refractivity contribution in [3.8, 4) is 5.75 Å². The predicted octanol–water partition coefficient (Wildman–Crippen LogP) is 3.26. The standard InChI is InChI=1S/C19H21ClN2O3/c1-12-7-8-17(25-3)16(9-12)13(2)22-18(23)11-21-19(24)14-5-4-6-15(20)10-14/h4-10,13H,11H2,1-3H3,(H,21,24)(H,22,23). The van der Waals surface area contributed by atoms with Crippen LogP contribution < -0.4 is 15.4 Å². The highest BCUT2D eigenvalue weighted by Crippen LogP contribution is 2.25. The number of methoxy groups -OCH3 is 1. The van der Waals surface area contributed by atoms with Crippen molar-refractivity contribution in [2.45, 2.75) is 19.9 Å². The first-order valence-electron chi connectivity index (χ1n) is 7.88. The maximum absolute atomic E-state index is 12.1. The number of aryl methyl sites for hydroxylation is 1. The summed E-state index contributed by atoms with van der Waals surface area (Å²) in [5.74, 6) is 0.0752. The van der Waals surface area contributed by atoms with E-state index in [1.54, 1.807) is 31.4 Å². The Morgan fingerprint density at radius 1 is 1.20 bits per heavy atom. The van der Waals surface area contributed by atoms with Gasteiger partial charge < -0.3 is 15.4 Å². The SMILES string of the molecule is COc1ccc(C)cc1C(C)NC(=O)CNC(=O)c1cccc(Cl)c1. The maximum Gasteiger partial charge on any atom is 0.251 e. The Morgan fingerprint density at radius 2 is 1.96 bits per heavy atom. The van der Waals surface area contributed by atoms with Crippen molar-refractivity contribution in [3.63, 3.8) is 0 Å². The summed E-state index contributed by atoms with van der Waals surface area (Å²) < 4.78 is 5.34. The zero-order valence-electron chi connectivity index (χ0n) is 14.4. The monoisotopic (exact) mass is 360 g/mol. The Kier molecular flexibility index (Phi) is 6.42. The van der Waals surface area contributed by atoms with Gasteiger partial charge in [-0.15, -0.1) is 0 Å². The molecule has 2 aromatic carbocycles. The van der Waals surface area contributed by atoms with Crippen LogP contribution in [-0.4, -0.2) is 25.5 Å². The molecule has 2 N–H and O–H groups in total. The average molecular weight is 361 g/mol. The third kappa shape index (κ3) is 5.22. The highest BCUT2D eigenvalue weighted by Gasteiger charge is 2.15. The molecule has 1 atom stereocenters. The van der Waals surface area contributed by atoms with Crippen LogP contribution in [0.5, 0.6) is 5.75 Å². The summed E-state index contributed by atoms with van der Waals surface area (Å²) >= 11 is 5.86. The second-order valence-corrected chi connectivity index (χ2v) is 6.16. The van der Waals surface area contributed by atoms with Crippen LogP contribution in [0.1, 0.15) is 34.5 Å². The molecule has 2 rings (SSSR count). The summed E-state index contributed by atoms with van der Waals surface area (Å²) in [7, 11) is 1.59. The molecule has 0 bridgehead atoms. The number of benzene rings is 2. The number of rotatable bonds is 6. The number of halogens is 1. The minimum atomic E-state index is -0.349. The number of carbonyl (C=O) groups is 2. The van der Waals surface area contributed by atoms with E-state index in [0.717, 1.165) is 11.1 Å². The zero-order chi connectivity index (χ0) is 18.4. The van der Waals surface area contributed by atoms with Crippen LogP contribution in [0.25, 0.3) is 0 Å². The van der Waals surface area contributed by atoms with Gasteiger partial charge in [-0.25, -0.2) is 0 Å². The third-order valence-corrected chi connectivity index (χ3v) is 3.96. The number of ether oxygens (including phenoxy) is 1. The normalized spacial score (nSPS) is 11.5. The van der Waals surface area contributed by atoms with Gasteiger partial charge in [0, 0.05) is 16.1 Å². The molecule has 1 unspecified atom stereocenters. The second-order valence-electron chi connectivity index (χ2n) is 5.73. The van der Waals surface area contributed by atoms with E-state index in [-0.39, 0.29) is 24.4 Å². The molecule has 0 aromatic heterocycles. The quantitative estimate of drug-likeness (QED) is 0.830. The fourth-order valence-electron chi connectivity index (χ4n) is 2.45. The van der Waals surface area contributed by atoms with Gasteiger partial charge >= 0.3 is 0 Å². The van der Waals surface area contributed by atoms with Gasteiger partial charge in [0.15, 0.2) is 0 Å². The molecular weight excluding hydrogens is 340 g/mol. The number of carbonyl (C=O) groups excluding carboxylic acids is 2. The molecule has 2 amide bonds. The summed E-state index contributed by atoms with van der Waals surface area (Å²) in [6.07, 6.45) is 0. The van der Waals surface area contributed by atoms with Crippen LogP contribution in [0, 0.1) is 6.92 Å². The van der Waals surface area contributed by atoms with Crippen molar-refractivity contribution < 1.29 is 14.3 Å². The first-order valence-corrected chi connectivity index (χ1v) is 8.26. The van der Waals surface area contributed by atoms with Crippen LogP contribution >= 0.6 is 11.6 Å². The molecule has 6 heteroatoms. The first kappa shape index (κ1) is 18.8. The van der Waals surface area contributed by atoms with Gasteiger partial charge in [-0.1, -0.05) is 35.4 Å². The molecule has 0 heterocycles. The lowest BCUT2D eigenvalue weighted by atomic mass is 10.0. The summed E-state index contributed by atoms with van der Waals surface area (Å²) in [4.78, 5) is 24.2. The average Bonchev–Trinajstić information content (AvgIpc) is 2.59. The predicted molar refractivity (Wildman–Crippen MR) is 98.1 cm³/mol. The van der Waals surface area contributed by atoms with Crippen molar-refractivity contribution in [1.82, 2.24) is 10.6 Å². The molecule has 0 aliphatic rings. The Labute approximate surface area is 152 Å². The van der Waals surface area contributed by atoms with Crippen LogP contribution in [0.2, 0.25) is 5.02 Å². The molecule has 0 saturated carbocycles. The van der Waals surface area contributed by atoms with Crippen LogP contribution in [0.15, 0.2) is 42.5 Å². The van der Waals surface area contributed by atoms with Crippen molar-refractivity contribution in [3.05, 3.63) is 64.2 Å². The van der Waals surface area contributed by atoms with Gasteiger partial charge in [-0.2, -0.15) is 0 Å². The summed E-state index contributed by atoms with van der Waals surface area (Å²) in [6, 6.07) is 12.1. The number of nitrogens with one attached hydrogen (secondary N) is 2. The lowest BCUT2D eigenvalue weighted by molar-refractivity contribution is -0.120. The smallest absolute Gasteiger partial charge is 0.251 e. The van der Waals surface area contributed by atoms with Crippen molar-refractivity contribution in [2.24, 2.45) is 0 Å². The molecular formula is C19H21ClN2O3. The second kappa shape index (κ2) is 8.53. The molecule has 0 saturated heterocycles. The van der Waals surface area contributed by atoms with Gasteiger partial charge in [-0.05, 0) is 38.1 Å². The van der Waals surface area contributed by atoms with Crippen LogP contribution in [0.4, 0.5) is 0 Å². The topological polar surface area (TPSA) is 67.4 Å². The molecule has 132 valence electrons. The van der Waals surface area contributed by atoms with E-state index in [0.29, 0.717) is 16.3 Å². The minimum absolute atomic E-state index is 0.121. The van der Waals surface area contributed by atoms with Crippen molar-refractivity contribution in [1.29, 1.82) is 0 Å². The highest BCUT2D eigenvalue weighted by molar-refractivity contribution is 6.30. The number of amides is 2. The Hall–Kier alpha value is -2.53. The molecule has 0 fully saturated rings. The van der Waals surface area contributed by atoms with Gasteiger partial charge in [0.2, 0.25) is 5.91 Å². The first-order chi connectivity index (χ1) is 11.9. The zero-order valence-corrected chi connectivity index (χ0v) is 15.2. The lowest BCUT2D eigenvalue weighted by Gasteiger charge is -2.18. The minimum Gasteiger partial charge on any atom is -0.496 e. The molecule has 0 aliphatic carbocycles. The van der Waals surface area contributed by atoms with E-state index in [4.69, 9.17) is 16.3 Å². The van der Waals surface area contributed by atoms with E-state index >= 15 is 0 Å². The Morgan fingerprint density at radius 3 is 2.64 bits per heavy atom. The molecule has 5 nitrogen and oxygen atoms in total. The van der Waals surface area contributed by atoms with E-state index in [2.05, 4.69) is 10.6 Å². The third-order valence-electron chi connectivity index (χ3n) is 3.73. The lowest BCUT2D eigenvalue weighted by Crippen LogP contribution is -2.38. The fourth-order valence-corrected chi connectivity index (χ4v) is 2.65. The van der Waals surface area contributed by atoms with Gasteiger partial charge in [0.25, 0.3) is 5.91 Å². The van der Waals surface area contributed by atoms with Gasteiger partial charge in [0.05, 0.1) is 19.7 Å². The largest absolute Gasteiger partial charge is 0.496 e. The molecule has 0 spiro atoms. The van der Waals surface area contributed by atoms with Crippen LogP contribution in [0.3, 0.4) is 0 Å². The summed E-state index contributed by atoms with van der Waals surface area (Å²) in [5.41, 5.74) is 2.37. The van der Waals surface area contributed by atoms with Crippen LogP contribution in [-0.2, 0) is 4.79 Å². The molecule has 0 aliphatic heterocycles. The van der Waals surface area contributed by atoms with E-state index < -0.39 is 0 Å². The van der Waals surface area contributed by atoms with Gasteiger partial charge in [0.1, 0.15) is 5.75 Å². The van der Waals surface area contributed by atoms with Gasteiger partial charge in [-0.3, -0.25) is 9.59 Å².